The van der Waals surface area contributed by atoms with Gasteiger partial charge in [-0.2, -0.15) is 0 Å². The molecular formula is C12H24N4O. The van der Waals surface area contributed by atoms with Crippen LogP contribution >= 0.6 is 0 Å². The summed E-state index contributed by atoms with van der Waals surface area (Å²) in [6.45, 7) is 10.7. The largest absolute Gasteiger partial charge is 0.354 e. The summed E-state index contributed by atoms with van der Waals surface area (Å²) in [6.07, 6.45) is 1.75. The van der Waals surface area contributed by atoms with Crippen LogP contribution in [0, 0.1) is 0 Å². The van der Waals surface area contributed by atoms with E-state index in [1.54, 1.807) is 6.08 Å². The van der Waals surface area contributed by atoms with Crippen molar-refractivity contribution >= 4 is 5.91 Å². The number of nitrogens with one attached hydrogen (secondary N) is 2. The molecule has 0 radical (unpaired) electrons. The summed E-state index contributed by atoms with van der Waals surface area (Å²) in [7, 11) is 2.14. The maximum Gasteiger partial charge on any atom is 0.234 e. The van der Waals surface area contributed by atoms with Crippen LogP contribution in [0.2, 0.25) is 0 Å². The van der Waals surface area contributed by atoms with E-state index < -0.39 is 0 Å². The van der Waals surface area contributed by atoms with Crippen LogP contribution in [0.3, 0.4) is 0 Å². The first-order chi connectivity index (χ1) is 8.22. The zero-order valence-corrected chi connectivity index (χ0v) is 10.7. The lowest BCUT2D eigenvalue weighted by Crippen LogP contribution is -2.47. The minimum absolute atomic E-state index is 0.0565. The van der Waals surface area contributed by atoms with Crippen molar-refractivity contribution in [3.05, 3.63) is 12.7 Å². The van der Waals surface area contributed by atoms with Gasteiger partial charge in [-0.05, 0) is 7.05 Å². The number of piperazine rings is 1. The number of likely N-dealkylation sites (N-methyl/N-ethyl adjacent to an activating group) is 1. The summed E-state index contributed by atoms with van der Waals surface area (Å²) >= 11 is 0. The SMILES string of the molecule is C=CCNCC(=O)NCCN1CCN(C)CC1. The molecule has 1 heterocycles. The second-order valence-electron chi connectivity index (χ2n) is 4.41. The molecule has 0 saturated carbocycles. The smallest absolute Gasteiger partial charge is 0.234 e. The summed E-state index contributed by atoms with van der Waals surface area (Å²) < 4.78 is 0. The van der Waals surface area contributed by atoms with E-state index in [9.17, 15) is 4.79 Å². The van der Waals surface area contributed by atoms with E-state index in [4.69, 9.17) is 0 Å². The molecule has 0 atom stereocenters. The Labute approximate surface area is 104 Å². The normalized spacial score (nSPS) is 17.9. The molecule has 0 aliphatic carbocycles. The lowest BCUT2D eigenvalue weighted by molar-refractivity contribution is -0.120. The summed E-state index contributed by atoms with van der Waals surface area (Å²) in [6, 6.07) is 0. The lowest BCUT2D eigenvalue weighted by Gasteiger charge is -2.32. The molecule has 5 nitrogen and oxygen atoms in total. The number of amides is 1. The zero-order chi connectivity index (χ0) is 12.5. The van der Waals surface area contributed by atoms with E-state index in [0.29, 0.717) is 13.1 Å². The van der Waals surface area contributed by atoms with E-state index in [2.05, 4.69) is 34.1 Å². The van der Waals surface area contributed by atoms with Crippen molar-refractivity contribution in [2.24, 2.45) is 0 Å². The van der Waals surface area contributed by atoms with Crippen molar-refractivity contribution < 1.29 is 4.79 Å². The molecule has 1 fully saturated rings. The molecule has 0 aromatic rings. The Morgan fingerprint density at radius 1 is 1.35 bits per heavy atom. The van der Waals surface area contributed by atoms with Crippen LogP contribution in [0.25, 0.3) is 0 Å². The number of hydrogen-bond acceptors (Lipinski definition) is 4. The van der Waals surface area contributed by atoms with Gasteiger partial charge in [0.05, 0.1) is 6.54 Å². The zero-order valence-electron chi connectivity index (χ0n) is 10.7. The standard InChI is InChI=1S/C12H24N4O/c1-3-4-13-11-12(17)14-5-6-16-9-7-15(2)8-10-16/h3,13H,1,4-11H2,2H3,(H,14,17). The molecule has 5 heteroatoms. The van der Waals surface area contributed by atoms with Crippen molar-refractivity contribution in [1.29, 1.82) is 0 Å². The lowest BCUT2D eigenvalue weighted by atomic mass is 10.3. The van der Waals surface area contributed by atoms with Gasteiger partial charge in [0, 0.05) is 45.8 Å². The first kappa shape index (κ1) is 14.2. The Bertz CT molecular complexity index is 237. The molecular weight excluding hydrogens is 216 g/mol. The van der Waals surface area contributed by atoms with E-state index in [1.165, 1.54) is 0 Å². The Hall–Kier alpha value is -0.910. The van der Waals surface area contributed by atoms with Crippen molar-refractivity contribution in [1.82, 2.24) is 20.4 Å². The number of carbonyl (C=O) groups excluding carboxylic acids is 1. The minimum atomic E-state index is 0.0565. The van der Waals surface area contributed by atoms with Gasteiger partial charge < -0.3 is 15.5 Å². The topological polar surface area (TPSA) is 47.6 Å². The highest BCUT2D eigenvalue weighted by Gasteiger charge is 2.12. The second kappa shape index (κ2) is 8.22. The van der Waals surface area contributed by atoms with E-state index >= 15 is 0 Å². The maximum absolute atomic E-state index is 11.4. The first-order valence-corrected chi connectivity index (χ1v) is 6.21. The van der Waals surface area contributed by atoms with E-state index in [-0.39, 0.29) is 5.91 Å². The molecule has 0 unspecified atom stereocenters. The third-order valence-electron chi connectivity index (χ3n) is 2.92. The fourth-order valence-corrected chi connectivity index (χ4v) is 1.78. The quantitative estimate of drug-likeness (QED) is 0.448. The predicted octanol–water partition coefficient (Wildman–Crippen LogP) is -0.874. The molecule has 0 aromatic carbocycles. The highest BCUT2D eigenvalue weighted by Crippen LogP contribution is 1.97. The summed E-state index contributed by atoms with van der Waals surface area (Å²) in [4.78, 5) is 16.1. The highest BCUT2D eigenvalue weighted by atomic mass is 16.1. The third-order valence-corrected chi connectivity index (χ3v) is 2.92. The molecule has 0 spiro atoms. The number of rotatable bonds is 7. The van der Waals surface area contributed by atoms with Gasteiger partial charge in [-0.25, -0.2) is 0 Å². The molecule has 98 valence electrons. The Kier molecular flexibility index (Phi) is 6.84. The first-order valence-electron chi connectivity index (χ1n) is 6.21. The van der Waals surface area contributed by atoms with Gasteiger partial charge in [0.2, 0.25) is 5.91 Å². The van der Waals surface area contributed by atoms with Gasteiger partial charge in [-0.15, -0.1) is 6.58 Å². The van der Waals surface area contributed by atoms with Crippen LogP contribution < -0.4 is 10.6 Å². The minimum Gasteiger partial charge on any atom is -0.354 e. The Balaban J connectivity index is 1.99. The molecule has 0 aromatic heterocycles. The van der Waals surface area contributed by atoms with E-state index in [0.717, 1.165) is 39.3 Å². The van der Waals surface area contributed by atoms with Crippen LogP contribution in [-0.2, 0) is 4.79 Å². The maximum atomic E-state index is 11.4. The van der Waals surface area contributed by atoms with Crippen LogP contribution in [0.1, 0.15) is 0 Å². The monoisotopic (exact) mass is 240 g/mol. The molecule has 1 aliphatic rings. The molecule has 1 amide bonds. The van der Waals surface area contributed by atoms with Gasteiger partial charge in [-0.3, -0.25) is 9.69 Å². The molecule has 1 rings (SSSR count). The van der Waals surface area contributed by atoms with Crippen molar-refractivity contribution in [3.8, 4) is 0 Å². The van der Waals surface area contributed by atoms with Gasteiger partial charge in [0.25, 0.3) is 0 Å². The van der Waals surface area contributed by atoms with Crippen molar-refractivity contribution in [2.75, 3.05) is 59.4 Å². The molecule has 2 N–H and O–H groups in total. The van der Waals surface area contributed by atoms with Gasteiger partial charge >= 0.3 is 0 Å². The third kappa shape index (κ3) is 6.41. The van der Waals surface area contributed by atoms with Crippen molar-refractivity contribution in [2.45, 2.75) is 0 Å². The summed E-state index contributed by atoms with van der Waals surface area (Å²) in [5, 5.41) is 5.89. The molecule has 0 bridgehead atoms. The number of carbonyl (C=O) groups is 1. The van der Waals surface area contributed by atoms with Crippen molar-refractivity contribution in [3.63, 3.8) is 0 Å². The van der Waals surface area contributed by atoms with Gasteiger partial charge in [0.15, 0.2) is 0 Å². The van der Waals surface area contributed by atoms with E-state index in [1.807, 2.05) is 0 Å². The van der Waals surface area contributed by atoms with Crippen LogP contribution in [-0.4, -0.2) is 75.1 Å². The average Bonchev–Trinajstić information content (AvgIpc) is 2.32. The predicted molar refractivity (Wildman–Crippen MR) is 70.0 cm³/mol. The fourth-order valence-electron chi connectivity index (χ4n) is 1.78. The second-order valence-corrected chi connectivity index (χ2v) is 4.41. The van der Waals surface area contributed by atoms with Gasteiger partial charge in [0.1, 0.15) is 0 Å². The fraction of sp³-hybridized carbons (Fsp3) is 0.750. The average molecular weight is 240 g/mol. The number of hydrogen-bond donors (Lipinski definition) is 2. The van der Waals surface area contributed by atoms with Crippen LogP contribution in [0.4, 0.5) is 0 Å². The highest BCUT2D eigenvalue weighted by molar-refractivity contribution is 5.77. The number of nitrogens with zero attached hydrogens (tertiary/aromatic N) is 2. The van der Waals surface area contributed by atoms with Gasteiger partial charge in [-0.1, -0.05) is 6.08 Å². The summed E-state index contributed by atoms with van der Waals surface area (Å²) in [5.41, 5.74) is 0. The molecule has 1 saturated heterocycles. The van der Waals surface area contributed by atoms with Crippen LogP contribution in [0.15, 0.2) is 12.7 Å². The van der Waals surface area contributed by atoms with Crippen LogP contribution in [0.5, 0.6) is 0 Å². The Morgan fingerprint density at radius 2 is 2.06 bits per heavy atom. The molecule has 17 heavy (non-hydrogen) atoms. The molecule has 1 aliphatic heterocycles. The summed E-state index contributed by atoms with van der Waals surface area (Å²) in [5.74, 6) is 0.0565. The Morgan fingerprint density at radius 3 is 2.71 bits per heavy atom.